The molecule has 2 heterocycles. The second-order valence-electron chi connectivity index (χ2n) is 10.1. The number of fused-ring (bicyclic) bond motifs is 1. The van der Waals surface area contributed by atoms with Gasteiger partial charge in [0.15, 0.2) is 11.6 Å². The Morgan fingerprint density at radius 3 is 2.44 bits per heavy atom. The minimum absolute atomic E-state index is 0.00411. The van der Waals surface area contributed by atoms with Crippen LogP contribution < -0.4 is 26.1 Å². The lowest BCUT2D eigenvalue weighted by molar-refractivity contribution is -0.120. The van der Waals surface area contributed by atoms with Crippen molar-refractivity contribution in [1.29, 1.82) is 0 Å². The summed E-state index contributed by atoms with van der Waals surface area (Å²) in [6.07, 6.45) is 1.25. The van der Waals surface area contributed by atoms with Gasteiger partial charge in [0.25, 0.3) is 5.91 Å². The minimum atomic E-state index is -0.810. The highest BCUT2D eigenvalue weighted by Crippen LogP contribution is 2.39. The van der Waals surface area contributed by atoms with Crippen LogP contribution in [0.25, 0.3) is 10.9 Å². The van der Waals surface area contributed by atoms with Crippen LogP contribution in [0.15, 0.2) is 35.3 Å². The quantitative estimate of drug-likeness (QED) is 0.382. The van der Waals surface area contributed by atoms with Crippen LogP contribution in [-0.2, 0) is 17.9 Å². The van der Waals surface area contributed by atoms with E-state index in [1.54, 1.807) is 17.0 Å². The van der Waals surface area contributed by atoms with Gasteiger partial charge in [-0.15, -0.1) is 0 Å². The van der Waals surface area contributed by atoms with Gasteiger partial charge in [-0.1, -0.05) is 29.3 Å². The number of aromatic nitrogens is 1. The molecule has 1 aliphatic heterocycles. The van der Waals surface area contributed by atoms with E-state index in [2.05, 4.69) is 5.32 Å². The molecule has 3 aromatic rings. The van der Waals surface area contributed by atoms with Crippen molar-refractivity contribution in [3.05, 3.63) is 67.7 Å². The number of primary amides is 1. The standard InChI is InChI=1S/C28H31Cl2F2N5O4/c1-15-11-36(12-16(2)37(15)14-23(33)38)25-22(32)9-19-24(27(25)41-3)35(7-6-31)13-20(26(19)39)28(40)34-10-17-4-5-18(29)8-21(17)30/h4-5,8-9,13,15-16H,6-7,10-12,14H2,1-3H3,(H2,33,38)(H,34,40)/t15-,16+. The molecular formula is C28H31Cl2F2N5O4. The summed E-state index contributed by atoms with van der Waals surface area (Å²) in [5.74, 6) is -1.87. The predicted octanol–water partition coefficient (Wildman–Crippen LogP) is 3.74. The Bertz CT molecular complexity index is 1540. The molecule has 9 nitrogen and oxygen atoms in total. The topological polar surface area (TPSA) is 110 Å². The maximum Gasteiger partial charge on any atom is 0.257 e. The van der Waals surface area contributed by atoms with Crippen LogP contribution in [-0.4, -0.2) is 66.8 Å². The zero-order valence-corrected chi connectivity index (χ0v) is 24.4. The lowest BCUT2D eigenvalue weighted by atomic mass is 10.0. The van der Waals surface area contributed by atoms with Gasteiger partial charge in [0.2, 0.25) is 11.3 Å². The first-order chi connectivity index (χ1) is 19.5. The van der Waals surface area contributed by atoms with Crippen LogP contribution in [0.1, 0.15) is 29.8 Å². The molecule has 4 rings (SSSR count). The fourth-order valence-corrected chi connectivity index (χ4v) is 5.85. The van der Waals surface area contributed by atoms with Crippen molar-refractivity contribution in [2.75, 3.05) is 38.3 Å². The van der Waals surface area contributed by atoms with Crippen LogP contribution in [0.4, 0.5) is 14.5 Å². The van der Waals surface area contributed by atoms with Gasteiger partial charge in [-0.2, -0.15) is 0 Å². The number of hydrogen-bond donors (Lipinski definition) is 2. The van der Waals surface area contributed by atoms with Gasteiger partial charge in [0.1, 0.15) is 17.9 Å². The summed E-state index contributed by atoms with van der Waals surface area (Å²) in [7, 11) is 1.34. The molecule has 0 aliphatic carbocycles. The number of nitrogens with two attached hydrogens (primary N) is 1. The zero-order chi connectivity index (χ0) is 30.0. The number of halogens is 4. The molecule has 1 fully saturated rings. The molecule has 1 saturated heterocycles. The normalized spacial score (nSPS) is 17.6. The lowest BCUT2D eigenvalue weighted by Gasteiger charge is -2.45. The number of hydrogen-bond acceptors (Lipinski definition) is 6. The number of pyridine rings is 1. The number of rotatable bonds is 9. The molecule has 0 unspecified atom stereocenters. The van der Waals surface area contributed by atoms with E-state index in [1.807, 2.05) is 18.7 Å². The molecule has 13 heteroatoms. The molecule has 0 radical (unpaired) electrons. The Labute approximate surface area is 245 Å². The van der Waals surface area contributed by atoms with Gasteiger partial charge in [-0.25, -0.2) is 8.78 Å². The number of carbonyl (C=O) groups is 2. The predicted molar refractivity (Wildman–Crippen MR) is 155 cm³/mol. The van der Waals surface area contributed by atoms with Crippen molar-refractivity contribution in [2.24, 2.45) is 5.73 Å². The third-order valence-corrected chi connectivity index (χ3v) is 7.82. The van der Waals surface area contributed by atoms with E-state index >= 15 is 4.39 Å². The van der Waals surface area contributed by atoms with E-state index in [0.29, 0.717) is 28.7 Å². The SMILES string of the molecule is COc1c(N2C[C@@H](C)N(CC(N)=O)[C@@H](C)C2)c(F)cc2c(=O)c(C(=O)NCc3ccc(Cl)cc3Cl)cn(CCF)c12. The van der Waals surface area contributed by atoms with Crippen LogP contribution in [0.3, 0.4) is 0 Å². The number of benzene rings is 2. The number of piperazine rings is 1. The van der Waals surface area contributed by atoms with Gasteiger partial charge in [-0.3, -0.25) is 19.3 Å². The van der Waals surface area contributed by atoms with Crippen molar-refractivity contribution in [3.63, 3.8) is 0 Å². The van der Waals surface area contributed by atoms with Crippen LogP contribution in [0.2, 0.25) is 10.0 Å². The first kappa shape index (κ1) is 30.5. The number of carbonyl (C=O) groups excluding carboxylic acids is 2. The fraction of sp³-hybridized carbons (Fsp3) is 0.393. The van der Waals surface area contributed by atoms with Crippen LogP contribution >= 0.6 is 23.2 Å². The number of anilines is 1. The highest BCUT2D eigenvalue weighted by atomic mass is 35.5. The number of aryl methyl sites for hydroxylation is 1. The molecule has 2 aromatic carbocycles. The van der Waals surface area contributed by atoms with Crippen molar-refractivity contribution in [2.45, 2.75) is 39.0 Å². The summed E-state index contributed by atoms with van der Waals surface area (Å²) >= 11 is 12.1. The first-order valence-corrected chi connectivity index (χ1v) is 13.7. The molecule has 41 heavy (non-hydrogen) atoms. The van der Waals surface area contributed by atoms with Gasteiger partial charge in [0.05, 0.1) is 31.1 Å². The van der Waals surface area contributed by atoms with Crippen LogP contribution in [0, 0.1) is 5.82 Å². The molecule has 1 aromatic heterocycles. The van der Waals surface area contributed by atoms with Crippen molar-refractivity contribution in [1.82, 2.24) is 14.8 Å². The Balaban J connectivity index is 1.76. The summed E-state index contributed by atoms with van der Waals surface area (Å²) in [4.78, 5) is 41.9. The number of nitrogens with zero attached hydrogens (tertiary/aromatic N) is 3. The van der Waals surface area contributed by atoms with Gasteiger partial charge in [0, 0.05) is 48.0 Å². The van der Waals surface area contributed by atoms with Crippen LogP contribution in [0.5, 0.6) is 5.75 Å². The second kappa shape index (κ2) is 12.6. The average molecular weight is 610 g/mol. The smallest absolute Gasteiger partial charge is 0.257 e. The molecule has 0 bridgehead atoms. The Hall–Kier alpha value is -3.41. The second-order valence-corrected chi connectivity index (χ2v) is 10.9. The number of alkyl halides is 1. The summed E-state index contributed by atoms with van der Waals surface area (Å²) in [5.41, 5.74) is 5.24. The molecule has 1 aliphatic rings. The van der Waals surface area contributed by atoms with Crippen molar-refractivity contribution in [3.8, 4) is 5.75 Å². The summed E-state index contributed by atoms with van der Waals surface area (Å²) in [6, 6.07) is 5.54. The minimum Gasteiger partial charge on any atom is -0.492 e. The largest absolute Gasteiger partial charge is 0.492 e. The van der Waals surface area contributed by atoms with E-state index in [-0.39, 0.29) is 59.6 Å². The monoisotopic (exact) mass is 609 g/mol. The maximum absolute atomic E-state index is 15.8. The average Bonchev–Trinajstić information content (AvgIpc) is 2.90. The van der Waals surface area contributed by atoms with Gasteiger partial charge >= 0.3 is 0 Å². The van der Waals surface area contributed by atoms with E-state index in [9.17, 15) is 18.8 Å². The summed E-state index contributed by atoms with van der Waals surface area (Å²) in [5, 5.41) is 3.29. The lowest BCUT2D eigenvalue weighted by Crippen LogP contribution is -2.58. The Kier molecular flexibility index (Phi) is 9.41. The van der Waals surface area contributed by atoms with E-state index in [1.165, 1.54) is 23.9 Å². The molecule has 2 amide bonds. The van der Waals surface area contributed by atoms with Gasteiger partial charge < -0.3 is 25.3 Å². The summed E-state index contributed by atoms with van der Waals surface area (Å²) < 4.78 is 36.6. The molecule has 220 valence electrons. The molecular weight excluding hydrogens is 579 g/mol. The molecule has 0 saturated carbocycles. The van der Waals surface area contributed by atoms with Crippen molar-refractivity contribution < 1.29 is 23.1 Å². The maximum atomic E-state index is 15.8. The van der Waals surface area contributed by atoms with E-state index < -0.39 is 29.7 Å². The third kappa shape index (κ3) is 6.27. The Morgan fingerprint density at radius 1 is 1.17 bits per heavy atom. The number of amides is 2. The zero-order valence-electron chi connectivity index (χ0n) is 22.8. The fourth-order valence-electron chi connectivity index (χ4n) is 5.37. The highest BCUT2D eigenvalue weighted by molar-refractivity contribution is 6.35. The van der Waals surface area contributed by atoms with E-state index in [0.717, 1.165) is 6.07 Å². The molecule has 0 spiro atoms. The number of methoxy groups -OCH3 is 1. The molecule has 3 N–H and O–H groups in total. The molecule has 2 atom stereocenters. The first-order valence-electron chi connectivity index (χ1n) is 13.0. The number of ether oxygens (including phenoxy) is 1. The Morgan fingerprint density at radius 2 is 1.85 bits per heavy atom. The van der Waals surface area contributed by atoms with E-state index in [4.69, 9.17) is 33.7 Å². The van der Waals surface area contributed by atoms with Gasteiger partial charge in [-0.05, 0) is 37.6 Å². The summed E-state index contributed by atoms with van der Waals surface area (Å²) in [6.45, 7) is 3.55. The van der Waals surface area contributed by atoms with Crippen molar-refractivity contribution >= 4 is 51.6 Å². The highest BCUT2D eigenvalue weighted by Gasteiger charge is 2.34. The number of nitrogens with one attached hydrogen (secondary N) is 1. The third-order valence-electron chi connectivity index (χ3n) is 7.23.